The zero-order valence-electron chi connectivity index (χ0n) is 9.97. The summed E-state index contributed by atoms with van der Waals surface area (Å²) in [6, 6.07) is 0. The molecule has 1 aliphatic rings. The van der Waals surface area contributed by atoms with Crippen LogP contribution in [0.25, 0.3) is 0 Å². The third-order valence-electron chi connectivity index (χ3n) is 3.89. The number of hydrogen-bond donors (Lipinski definition) is 1. The van der Waals surface area contributed by atoms with Crippen LogP contribution < -0.4 is 5.73 Å². The van der Waals surface area contributed by atoms with Gasteiger partial charge in [-0.1, -0.05) is 32.4 Å². The normalized spacial score (nSPS) is 33.7. The highest BCUT2D eigenvalue weighted by Gasteiger charge is 2.29. The van der Waals surface area contributed by atoms with Gasteiger partial charge in [0, 0.05) is 0 Å². The predicted octanol–water partition coefficient (Wildman–Crippen LogP) is 3.50. The molecule has 1 nitrogen and oxygen atoms in total. The van der Waals surface area contributed by atoms with Crippen molar-refractivity contribution in [3.8, 4) is 0 Å². The van der Waals surface area contributed by atoms with Crippen LogP contribution in [0, 0.1) is 11.3 Å². The first-order valence-electron chi connectivity index (χ1n) is 6.05. The summed E-state index contributed by atoms with van der Waals surface area (Å²) in [4.78, 5) is 0. The molecular weight excluding hydrogens is 170 g/mol. The van der Waals surface area contributed by atoms with Gasteiger partial charge in [-0.2, -0.15) is 0 Å². The molecule has 0 amide bonds. The number of rotatable bonds is 3. The lowest BCUT2D eigenvalue weighted by atomic mass is 9.76. The maximum Gasteiger partial charge on any atom is -0.00176 e. The van der Waals surface area contributed by atoms with Crippen LogP contribution >= 0.6 is 0 Å². The zero-order valence-corrected chi connectivity index (χ0v) is 9.97. The minimum Gasteiger partial charge on any atom is -0.330 e. The van der Waals surface area contributed by atoms with Crippen LogP contribution in [0.5, 0.6) is 0 Å². The van der Waals surface area contributed by atoms with Gasteiger partial charge in [0.2, 0.25) is 0 Å². The average Bonchev–Trinajstić information content (AvgIpc) is 2.38. The molecule has 2 atom stereocenters. The summed E-state index contributed by atoms with van der Waals surface area (Å²) >= 11 is 0. The van der Waals surface area contributed by atoms with Crippen molar-refractivity contribution in [3.63, 3.8) is 0 Å². The Balaban J connectivity index is 2.79. The van der Waals surface area contributed by atoms with E-state index in [2.05, 4.69) is 26.8 Å². The highest BCUT2D eigenvalue weighted by atomic mass is 14.6. The fourth-order valence-electron chi connectivity index (χ4n) is 2.51. The van der Waals surface area contributed by atoms with Gasteiger partial charge in [0.1, 0.15) is 0 Å². The molecule has 0 fully saturated rings. The smallest absolute Gasteiger partial charge is 0.00176 e. The highest BCUT2D eigenvalue weighted by molar-refractivity contribution is 5.10. The van der Waals surface area contributed by atoms with Gasteiger partial charge >= 0.3 is 0 Å². The van der Waals surface area contributed by atoms with Crippen molar-refractivity contribution in [3.05, 3.63) is 11.6 Å². The lowest BCUT2D eigenvalue weighted by Crippen LogP contribution is -2.30. The minimum absolute atomic E-state index is 0.409. The van der Waals surface area contributed by atoms with Crippen molar-refractivity contribution in [1.82, 2.24) is 0 Å². The molecule has 0 aromatic rings. The molecule has 2 N–H and O–H groups in total. The van der Waals surface area contributed by atoms with E-state index in [1.54, 1.807) is 5.57 Å². The van der Waals surface area contributed by atoms with Gasteiger partial charge in [0.15, 0.2) is 0 Å². The van der Waals surface area contributed by atoms with Gasteiger partial charge in [-0.3, -0.25) is 0 Å². The topological polar surface area (TPSA) is 26.0 Å². The van der Waals surface area contributed by atoms with Gasteiger partial charge < -0.3 is 5.73 Å². The summed E-state index contributed by atoms with van der Waals surface area (Å²) in [5.41, 5.74) is 7.99. The molecule has 0 saturated carbocycles. The van der Waals surface area contributed by atoms with E-state index < -0.39 is 0 Å². The molecule has 0 bridgehead atoms. The Morgan fingerprint density at radius 3 is 2.71 bits per heavy atom. The van der Waals surface area contributed by atoms with Crippen molar-refractivity contribution >= 4 is 0 Å². The Bertz CT molecular complexity index is 201. The van der Waals surface area contributed by atoms with Gasteiger partial charge in [-0.15, -0.1) is 0 Å². The van der Waals surface area contributed by atoms with Crippen LogP contribution in [0.15, 0.2) is 11.6 Å². The Morgan fingerprint density at radius 1 is 1.50 bits per heavy atom. The first kappa shape index (κ1) is 11.8. The van der Waals surface area contributed by atoms with Crippen molar-refractivity contribution in [1.29, 1.82) is 0 Å². The molecule has 1 heteroatoms. The monoisotopic (exact) mass is 195 g/mol. The van der Waals surface area contributed by atoms with Gasteiger partial charge in [0.25, 0.3) is 0 Å². The summed E-state index contributed by atoms with van der Waals surface area (Å²) in [6.45, 7) is 7.74. The second-order valence-corrected chi connectivity index (χ2v) is 4.93. The van der Waals surface area contributed by atoms with E-state index in [-0.39, 0.29) is 0 Å². The summed E-state index contributed by atoms with van der Waals surface area (Å²) in [7, 11) is 0. The van der Waals surface area contributed by atoms with Crippen molar-refractivity contribution in [2.45, 2.75) is 52.9 Å². The summed E-state index contributed by atoms with van der Waals surface area (Å²) in [6.07, 6.45) is 8.77. The van der Waals surface area contributed by atoms with E-state index in [1.807, 2.05) is 0 Å². The maximum atomic E-state index is 5.95. The fraction of sp³-hybridized carbons (Fsp3) is 0.846. The first-order chi connectivity index (χ1) is 6.65. The molecule has 0 aromatic carbocycles. The number of nitrogens with two attached hydrogens (primary N) is 1. The average molecular weight is 195 g/mol. The van der Waals surface area contributed by atoms with Crippen molar-refractivity contribution < 1.29 is 0 Å². The first-order valence-corrected chi connectivity index (χ1v) is 6.05. The Labute approximate surface area is 88.8 Å². The zero-order chi connectivity index (χ0) is 10.6. The molecule has 0 spiro atoms. The lowest BCUT2D eigenvalue weighted by Gasteiger charge is -2.31. The summed E-state index contributed by atoms with van der Waals surface area (Å²) < 4.78 is 0. The molecule has 82 valence electrons. The molecule has 0 aliphatic heterocycles. The molecule has 14 heavy (non-hydrogen) atoms. The van der Waals surface area contributed by atoms with Crippen LogP contribution in [0.2, 0.25) is 0 Å². The van der Waals surface area contributed by atoms with E-state index in [0.717, 1.165) is 12.5 Å². The standard InChI is InChI=1S/C13H25N/c1-4-12-8-11(3)6-7-13(5-2,9-12)10-14/h8,11H,4-7,9-10,14H2,1-3H3. The Kier molecular flexibility index (Phi) is 4.18. The third-order valence-corrected chi connectivity index (χ3v) is 3.89. The number of hydrogen-bond acceptors (Lipinski definition) is 1. The maximum absolute atomic E-state index is 5.95. The third kappa shape index (κ3) is 2.60. The molecule has 0 radical (unpaired) electrons. The predicted molar refractivity (Wildman–Crippen MR) is 63.2 cm³/mol. The Morgan fingerprint density at radius 2 is 2.21 bits per heavy atom. The van der Waals surface area contributed by atoms with Crippen LogP contribution in [-0.4, -0.2) is 6.54 Å². The molecule has 0 saturated heterocycles. The van der Waals surface area contributed by atoms with Crippen LogP contribution in [0.1, 0.15) is 52.9 Å². The van der Waals surface area contributed by atoms with E-state index in [0.29, 0.717) is 5.41 Å². The second-order valence-electron chi connectivity index (χ2n) is 4.93. The SMILES string of the molecule is CCC1=CC(C)CCC(CC)(CN)C1. The molecule has 1 aliphatic carbocycles. The number of allylic oxidation sites excluding steroid dienone is 2. The quantitative estimate of drug-likeness (QED) is 0.685. The van der Waals surface area contributed by atoms with E-state index in [4.69, 9.17) is 5.73 Å². The summed E-state index contributed by atoms with van der Waals surface area (Å²) in [5, 5.41) is 0. The van der Waals surface area contributed by atoms with Gasteiger partial charge in [0.05, 0.1) is 0 Å². The largest absolute Gasteiger partial charge is 0.330 e. The summed E-state index contributed by atoms with van der Waals surface area (Å²) in [5.74, 6) is 0.755. The van der Waals surface area contributed by atoms with Crippen molar-refractivity contribution in [2.24, 2.45) is 17.1 Å². The van der Waals surface area contributed by atoms with Gasteiger partial charge in [-0.25, -0.2) is 0 Å². The van der Waals surface area contributed by atoms with Crippen LogP contribution in [0.3, 0.4) is 0 Å². The lowest BCUT2D eigenvalue weighted by molar-refractivity contribution is 0.249. The van der Waals surface area contributed by atoms with Crippen LogP contribution in [-0.2, 0) is 0 Å². The Hall–Kier alpha value is -0.300. The molecular formula is C13H25N. The molecule has 0 heterocycles. The van der Waals surface area contributed by atoms with E-state index >= 15 is 0 Å². The van der Waals surface area contributed by atoms with Crippen molar-refractivity contribution in [2.75, 3.05) is 6.54 Å². The van der Waals surface area contributed by atoms with E-state index in [9.17, 15) is 0 Å². The minimum atomic E-state index is 0.409. The second kappa shape index (κ2) is 4.97. The molecule has 1 rings (SSSR count). The van der Waals surface area contributed by atoms with Crippen LogP contribution in [0.4, 0.5) is 0 Å². The fourth-order valence-corrected chi connectivity index (χ4v) is 2.51. The van der Waals surface area contributed by atoms with E-state index in [1.165, 1.54) is 32.1 Å². The van der Waals surface area contributed by atoms with Gasteiger partial charge in [-0.05, 0) is 50.0 Å². The highest BCUT2D eigenvalue weighted by Crippen LogP contribution is 2.39. The molecule has 0 aromatic heterocycles. The molecule has 2 unspecified atom stereocenters.